The summed E-state index contributed by atoms with van der Waals surface area (Å²) < 4.78 is 40.4. The molecular formula is C19H24F2N4O3. The number of halogens is 2. The normalized spacial score (nSPS) is 11.4. The highest BCUT2D eigenvalue weighted by molar-refractivity contribution is 5.94. The van der Waals surface area contributed by atoms with Crippen molar-refractivity contribution in [1.82, 2.24) is 4.98 Å². The number of aromatic nitrogens is 1. The summed E-state index contributed by atoms with van der Waals surface area (Å²) in [5, 5.41) is 2.98. The maximum Gasteiger partial charge on any atom is 0.272 e. The second kappa shape index (κ2) is 10.9. The average Bonchev–Trinajstić information content (AvgIpc) is 2.67. The van der Waals surface area contributed by atoms with E-state index in [2.05, 4.69) is 15.3 Å². The van der Waals surface area contributed by atoms with Gasteiger partial charge in [0.1, 0.15) is 11.5 Å². The van der Waals surface area contributed by atoms with Gasteiger partial charge in [-0.3, -0.25) is 0 Å². The summed E-state index contributed by atoms with van der Waals surface area (Å²) in [5.74, 6) is 1.55. The number of anilines is 1. The summed E-state index contributed by atoms with van der Waals surface area (Å²) in [4.78, 5) is 8.34. The van der Waals surface area contributed by atoms with E-state index in [0.717, 1.165) is 0 Å². The van der Waals surface area contributed by atoms with E-state index < -0.39 is 13.0 Å². The topological polar surface area (TPSA) is 91.0 Å². The fourth-order valence-corrected chi connectivity index (χ4v) is 2.26. The first-order valence-corrected chi connectivity index (χ1v) is 8.85. The number of rotatable bonds is 10. The zero-order chi connectivity index (χ0) is 20.4. The van der Waals surface area contributed by atoms with Crippen LogP contribution in [0, 0.1) is 0 Å². The van der Waals surface area contributed by atoms with Crippen molar-refractivity contribution in [1.29, 1.82) is 0 Å². The van der Waals surface area contributed by atoms with Crippen molar-refractivity contribution >= 4 is 11.6 Å². The molecule has 0 bridgehead atoms. The number of ether oxygens (including phenoxy) is 3. The van der Waals surface area contributed by atoms with Gasteiger partial charge in [-0.2, -0.15) is 0 Å². The number of aliphatic imine (C=N–C) groups is 1. The molecule has 0 spiro atoms. The molecular weight excluding hydrogens is 370 g/mol. The van der Waals surface area contributed by atoms with Gasteiger partial charge in [0.15, 0.2) is 12.6 Å². The fraction of sp³-hybridized carbons (Fsp3) is 0.368. The van der Waals surface area contributed by atoms with Crippen LogP contribution in [-0.4, -0.2) is 37.2 Å². The van der Waals surface area contributed by atoms with Gasteiger partial charge < -0.3 is 25.3 Å². The zero-order valence-corrected chi connectivity index (χ0v) is 15.8. The van der Waals surface area contributed by atoms with Crippen molar-refractivity contribution in [3.05, 3.63) is 42.1 Å². The molecule has 1 aromatic heterocycles. The van der Waals surface area contributed by atoms with Crippen LogP contribution in [0.2, 0.25) is 0 Å². The highest BCUT2D eigenvalue weighted by atomic mass is 19.3. The van der Waals surface area contributed by atoms with Crippen molar-refractivity contribution in [3.8, 4) is 17.4 Å². The first-order valence-electron chi connectivity index (χ1n) is 8.85. The van der Waals surface area contributed by atoms with E-state index in [1.165, 1.54) is 6.07 Å². The van der Waals surface area contributed by atoms with Crippen molar-refractivity contribution in [2.24, 2.45) is 10.7 Å². The molecule has 3 N–H and O–H groups in total. The van der Waals surface area contributed by atoms with Crippen LogP contribution in [0.15, 0.2) is 41.4 Å². The summed E-state index contributed by atoms with van der Waals surface area (Å²) in [6.45, 7) is 4.25. The summed E-state index contributed by atoms with van der Waals surface area (Å²) >= 11 is 0. The number of nitrogens with zero attached hydrogens (tertiary/aromatic N) is 2. The Bertz CT molecular complexity index is 788. The van der Waals surface area contributed by atoms with Crippen molar-refractivity contribution in [2.45, 2.75) is 26.8 Å². The molecule has 1 aromatic carbocycles. The summed E-state index contributed by atoms with van der Waals surface area (Å²) in [6.07, 6.45) is -2.56. The molecule has 0 aliphatic rings. The lowest BCUT2D eigenvalue weighted by Gasteiger charge is -2.14. The predicted octanol–water partition coefficient (Wildman–Crippen LogP) is 3.45. The second-order valence-electron chi connectivity index (χ2n) is 5.52. The van der Waals surface area contributed by atoms with E-state index in [1.807, 2.05) is 19.9 Å². The zero-order valence-electron chi connectivity index (χ0n) is 15.8. The SMILES string of the molecule is CCOc1ccc(OCC)c(NC(N)=NCc2cccc(OCC(F)F)n2)c1. The van der Waals surface area contributed by atoms with Crippen LogP contribution in [0.25, 0.3) is 0 Å². The molecule has 0 aliphatic heterocycles. The van der Waals surface area contributed by atoms with Gasteiger partial charge >= 0.3 is 0 Å². The van der Waals surface area contributed by atoms with Gasteiger partial charge in [0.25, 0.3) is 6.43 Å². The van der Waals surface area contributed by atoms with Crippen LogP contribution in [0.5, 0.6) is 17.4 Å². The van der Waals surface area contributed by atoms with Gasteiger partial charge in [0, 0.05) is 12.1 Å². The molecule has 0 saturated carbocycles. The smallest absolute Gasteiger partial charge is 0.272 e. The highest BCUT2D eigenvalue weighted by Crippen LogP contribution is 2.29. The number of alkyl halides is 2. The van der Waals surface area contributed by atoms with Gasteiger partial charge in [0.05, 0.1) is 31.1 Å². The molecule has 2 aromatic rings. The highest BCUT2D eigenvalue weighted by Gasteiger charge is 2.08. The number of nitrogens with two attached hydrogens (primary N) is 1. The van der Waals surface area contributed by atoms with Gasteiger partial charge in [-0.05, 0) is 32.0 Å². The summed E-state index contributed by atoms with van der Waals surface area (Å²) in [6, 6.07) is 10.2. The van der Waals surface area contributed by atoms with E-state index in [-0.39, 0.29) is 18.4 Å². The standard InChI is InChI=1S/C19H24F2N4O3/c1-3-26-14-8-9-16(27-4-2)15(10-14)25-19(22)23-11-13-6-5-7-18(24-13)28-12-17(20)21/h5-10,17H,3-4,11-12H2,1-2H3,(H3,22,23,25). The number of hydrogen-bond donors (Lipinski definition) is 2. The van der Waals surface area contributed by atoms with Crippen molar-refractivity contribution in [3.63, 3.8) is 0 Å². The minimum absolute atomic E-state index is 0.113. The molecule has 0 atom stereocenters. The van der Waals surface area contributed by atoms with Crippen LogP contribution in [0.4, 0.5) is 14.5 Å². The lowest BCUT2D eigenvalue weighted by atomic mass is 10.2. The third-order valence-electron chi connectivity index (χ3n) is 3.37. The third-order valence-corrected chi connectivity index (χ3v) is 3.37. The summed E-state index contributed by atoms with van der Waals surface area (Å²) in [7, 11) is 0. The number of benzene rings is 1. The number of hydrogen-bond acceptors (Lipinski definition) is 5. The van der Waals surface area contributed by atoms with Crippen LogP contribution in [-0.2, 0) is 6.54 Å². The van der Waals surface area contributed by atoms with Crippen LogP contribution in [0.1, 0.15) is 19.5 Å². The Hall–Kier alpha value is -3.10. The maximum atomic E-state index is 12.2. The van der Waals surface area contributed by atoms with E-state index in [4.69, 9.17) is 19.9 Å². The first-order chi connectivity index (χ1) is 13.5. The predicted molar refractivity (Wildman–Crippen MR) is 103 cm³/mol. The van der Waals surface area contributed by atoms with Crippen molar-refractivity contribution < 1.29 is 23.0 Å². The van der Waals surface area contributed by atoms with Crippen LogP contribution < -0.4 is 25.3 Å². The molecule has 152 valence electrons. The van der Waals surface area contributed by atoms with Gasteiger partial charge in [-0.15, -0.1) is 0 Å². The van der Waals surface area contributed by atoms with Gasteiger partial charge in [-0.25, -0.2) is 18.8 Å². The lowest BCUT2D eigenvalue weighted by Crippen LogP contribution is -2.23. The average molecular weight is 394 g/mol. The monoisotopic (exact) mass is 394 g/mol. The van der Waals surface area contributed by atoms with Gasteiger partial charge in [-0.1, -0.05) is 6.07 Å². The fourth-order valence-electron chi connectivity index (χ4n) is 2.26. The lowest BCUT2D eigenvalue weighted by molar-refractivity contribution is 0.0795. The number of guanidine groups is 1. The Morgan fingerprint density at radius 3 is 2.64 bits per heavy atom. The first kappa shape index (κ1) is 21.2. The van der Waals surface area contributed by atoms with Crippen LogP contribution >= 0.6 is 0 Å². The van der Waals surface area contributed by atoms with E-state index in [0.29, 0.717) is 36.1 Å². The minimum atomic E-state index is -2.56. The second-order valence-corrected chi connectivity index (χ2v) is 5.52. The molecule has 0 unspecified atom stereocenters. The van der Waals surface area contributed by atoms with Gasteiger partial charge in [0.2, 0.25) is 5.88 Å². The molecule has 0 amide bonds. The Balaban J connectivity index is 2.06. The van der Waals surface area contributed by atoms with E-state index >= 15 is 0 Å². The molecule has 28 heavy (non-hydrogen) atoms. The minimum Gasteiger partial charge on any atom is -0.494 e. The quantitative estimate of drug-likeness (QED) is 0.474. The number of pyridine rings is 1. The molecule has 1 heterocycles. The van der Waals surface area contributed by atoms with Crippen LogP contribution in [0.3, 0.4) is 0 Å². The molecule has 2 rings (SSSR count). The molecule has 9 heteroatoms. The Kier molecular flexibility index (Phi) is 8.26. The van der Waals surface area contributed by atoms with Crippen molar-refractivity contribution in [2.75, 3.05) is 25.1 Å². The van der Waals surface area contributed by atoms with E-state index in [9.17, 15) is 8.78 Å². The third kappa shape index (κ3) is 6.90. The number of nitrogens with one attached hydrogen (secondary N) is 1. The Labute approximate surface area is 162 Å². The Morgan fingerprint density at radius 2 is 1.93 bits per heavy atom. The molecule has 0 saturated heterocycles. The molecule has 7 nitrogen and oxygen atoms in total. The van der Waals surface area contributed by atoms with E-state index in [1.54, 1.807) is 24.3 Å². The Morgan fingerprint density at radius 1 is 1.14 bits per heavy atom. The molecule has 0 fully saturated rings. The largest absolute Gasteiger partial charge is 0.494 e. The molecule has 0 radical (unpaired) electrons. The maximum absolute atomic E-state index is 12.2. The molecule has 0 aliphatic carbocycles. The summed E-state index contributed by atoms with van der Waals surface area (Å²) in [5.41, 5.74) is 7.12.